The van der Waals surface area contributed by atoms with Crippen molar-refractivity contribution in [3.05, 3.63) is 29.8 Å². The molecule has 0 spiro atoms. The molecule has 3 rings (SSSR count). The molecule has 1 unspecified atom stereocenters. The van der Waals surface area contributed by atoms with Crippen molar-refractivity contribution in [1.29, 1.82) is 0 Å². The SMILES string of the molecule is O=C(/C=C/c1ccc2c(c1)OCO2)NCC1CO1. The van der Waals surface area contributed by atoms with Crippen LogP contribution in [0.1, 0.15) is 5.56 Å². The molecule has 18 heavy (non-hydrogen) atoms. The molecule has 1 amide bonds. The van der Waals surface area contributed by atoms with Gasteiger partial charge < -0.3 is 19.5 Å². The molecule has 2 aliphatic heterocycles. The summed E-state index contributed by atoms with van der Waals surface area (Å²) < 4.78 is 15.5. The smallest absolute Gasteiger partial charge is 0.244 e. The molecule has 94 valence electrons. The van der Waals surface area contributed by atoms with Crippen molar-refractivity contribution in [1.82, 2.24) is 5.32 Å². The first-order chi connectivity index (χ1) is 8.81. The Morgan fingerprint density at radius 2 is 2.22 bits per heavy atom. The molecule has 2 heterocycles. The highest BCUT2D eigenvalue weighted by molar-refractivity contribution is 5.91. The number of hydrogen-bond acceptors (Lipinski definition) is 4. The van der Waals surface area contributed by atoms with Gasteiger partial charge in [0.25, 0.3) is 0 Å². The number of hydrogen-bond donors (Lipinski definition) is 1. The summed E-state index contributed by atoms with van der Waals surface area (Å²) in [5.41, 5.74) is 0.900. The van der Waals surface area contributed by atoms with Crippen LogP contribution in [0, 0.1) is 0 Å². The Balaban J connectivity index is 1.59. The Morgan fingerprint density at radius 3 is 3.06 bits per heavy atom. The van der Waals surface area contributed by atoms with Gasteiger partial charge in [-0.25, -0.2) is 0 Å². The second-order valence-electron chi connectivity index (χ2n) is 4.15. The van der Waals surface area contributed by atoms with Crippen molar-refractivity contribution in [2.24, 2.45) is 0 Å². The van der Waals surface area contributed by atoms with Crippen molar-refractivity contribution in [3.8, 4) is 11.5 Å². The van der Waals surface area contributed by atoms with Gasteiger partial charge in [0.2, 0.25) is 12.7 Å². The lowest BCUT2D eigenvalue weighted by molar-refractivity contribution is -0.116. The van der Waals surface area contributed by atoms with Crippen LogP contribution < -0.4 is 14.8 Å². The van der Waals surface area contributed by atoms with Crippen LogP contribution in [0.5, 0.6) is 11.5 Å². The lowest BCUT2D eigenvalue weighted by atomic mass is 10.2. The molecule has 0 radical (unpaired) electrons. The molecule has 1 aromatic carbocycles. The highest BCUT2D eigenvalue weighted by Gasteiger charge is 2.22. The fraction of sp³-hybridized carbons (Fsp3) is 0.308. The van der Waals surface area contributed by atoms with Gasteiger partial charge in [-0.05, 0) is 23.8 Å². The Kier molecular flexibility index (Phi) is 2.90. The molecule has 1 aromatic rings. The Hall–Kier alpha value is -2.01. The summed E-state index contributed by atoms with van der Waals surface area (Å²) in [5, 5.41) is 2.76. The molecule has 2 aliphatic rings. The predicted molar refractivity (Wildman–Crippen MR) is 64.3 cm³/mol. The van der Waals surface area contributed by atoms with Gasteiger partial charge in [0, 0.05) is 12.6 Å². The Morgan fingerprint density at radius 1 is 1.39 bits per heavy atom. The van der Waals surface area contributed by atoms with Crippen LogP contribution >= 0.6 is 0 Å². The normalized spacial score (nSPS) is 20.1. The zero-order valence-electron chi connectivity index (χ0n) is 9.72. The molecular weight excluding hydrogens is 234 g/mol. The number of nitrogens with one attached hydrogen (secondary N) is 1. The predicted octanol–water partition coefficient (Wildman–Crippen LogP) is 0.944. The summed E-state index contributed by atoms with van der Waals surface area (Å²) >= 11 is 0. The summed E-state index contributed by atoms with van der Waals surface area (Å²) in [4.78, 5) is 11.5. The molecule has 0 saturated carbocycles. The summed E-state index contributed by atoms with van der Waals surface area (Å²) in [6.07, 6.45) is 3.44. The lowest BCUT2D eigenvalue weighted by Crippen LogP contribution is -2.25. The number of fused-ring (bicyclic) bond motifs is 1. The van der Waals surface area contributed by atoms with E-state index in [4.69, 9.17) is 14.2 Å². The van der Waals surface area contributed by atoms with E-state index in [9.17, 15) is 4.79 Å². The van der Waals surface area contributed by atoms with E-state index >= 15 is 0 Å². The summed E-state index contributed by atoms with van der Waals surface area (Å²) in [5.74, 6) is 1.33. The first-order valence-electron chi connectivity index (χ1n) is 5.78. The molecule has 0 bridgehead atoms. The first kappa shape index (κ1) is 11.1. The van der Waals surface area contributed by atoms with Crippen LogP contribution in [-0.4, -0.2) is 32.0 Å². The van der Waals surface area contributed by atoms with E-state index in [0.29, 0.717) is 12.3 Å². The van der Waals surface area contributed by atoms with Crippen LogP contribution in [-0.2, 0) is 9.53 Å². The van der Waals surface area contributed by atoms with Gasteiger partial charge in [-0.1, -0.05) is 6.07 Å². The summed E-state index contributed by atoms with van der Waals surface area (Å²) in [7, 11) is 0. The zero-order chi connectivity index (χ0) is 12.4. The van der Waals surface area contributed by atoms with Gasteiger partial charge in [-0.3, -0.25) is 4.79 Å². The van der Waals surface area contributed by atoms with E-state index in [0.717, 1.165) is 17.9 Å². The third-order valence-corrected chi connectivity index (χ3v) is 2.73. The summed E-state index contributed by atoms with van der Waals surface area (Å²) in [6, 6.07) is 5.55. The first-order valence-corrected chi connectivity index (χ1v) is 5.78. The highest BCUT2D eigenvalue weighted by atomic mass is 16.7. The monoisotopic (exact) mass is 247 g/mol. The number of rotatable bonds is 4. The molecule has 1 atom stereocenters. The van der Waals surface area contributed by atoms with E-state index < -0.39 is 0 Å². The van der Waals surface area contributed by atoms with Crippen LogP contribution in [0.4, 0.5) is 0 Å². The number of ether oxygens (including phenoxy) is 3. The van der Waals surface area contributed by atoms with E-state index in [1.54, 1.807) is 6.08 Å². The maximum Gasteiger partial charge on any atom is 0.244 e. The number of carbonyl (C=O) groups excluding carboxylic acids is 1. The number of epoxide rings is 1. The number of amides is 1. The molecule has 5 heteroatoms. The van der Waals surface area contributed by atoms with Crippen LogP contribution in [0.25, 0.3) is 6.08 Å². The van der Waals surface area contributed by atoms with Crippen molar-refractivity contribution < 1.29 is 19.0 Å². The van der Waals surface area contributed by atoms with Gasteiger partial charge in [-0.15, -0.1) is 0 Å². The van der Waals surface area contributed by atoms with Crippen molar-refractivity contribution >= 4 is 12.0 Å². The minimum atomic E-state index is -0.122. The van der Waals surface area contributed by atoms with Gasteiger partial charge >= 0.3 is 0 Å². The van der Waals surface area contributed by atoms with Crippen LogP contribution in [0.15, 0.2) is 24.3 Å². The molecule has 1 N–H and O–H groups in total. The number of carbonyl (C=O) groups is 1. The van der Waals surface area contributed by atoms with E-state index in [1.807, 2.05) is 18.2 Å². The Labute approximate surface area is 104 Å². The van der Waals surface area contributed by atoms with Crippen LogP contribution in [0.2, 0.25) is 0 Å². The van der Waals surface area contributed by atoms with Crippen molar-refractivity contribution in [3.63, 3.8) is 0 Å². The third kappa shape index (κ3) is 2.62. The van der Waals surface area contributed by atoms with E-state index in [1.165, 1.54) is 6.08 Å². The average Bonchev–Trinajstić information content (AvgIpc) is 3.10. The molecule has 1 saturated heterocycles. The maximum absolute atomic E-state index is 11.5. The van der Waals surface area contributed by atoms with E-state index in [2.05, 4.69) is 5.32 Å². The largest absolute Gasteiger partial charge is 0.454 e. The standard InChI is InChI=1S/C13H13NO4/c15-13(14-6-10-7-16-10)4-2-9-1-3-11-12(5-9)18-8-17-11/h1-5,10H,6-8H2,(H,14,15)/b4-2+. The zero-order valence-corrected chi connectivity index (χ0v) is 9.72. The fourth-order valence-corrected chi connectivity index (χ4v) is 1.65. The molecule has 5 nitrogen and oxygen atoms in total. The highest BCUT2D eigenvalue weighted by Crippen LogP contribution is 2.32. The molecular formula is C13H13NO4. The van der Waals surface area contributed by atoms with Gasteiger partial charge in [0.05, 0.1) is 12.7 Å². The second-order valence-corrected chi connectivity index (χ2v) is 4.15. The van der Waals surface area contributed by atoms with Gasteiger partial charge in [0.1, 0.15) is 0 Å². The summed E-state index contributed by atoms with van der Waals surface area (Å²) in [6.45, 7) is 1.57. The minimum absolute atomic E-state index is 0.122. The van der Waals surface area contributed by atoms with Crippen LogP contribution in [0.3, 0.4) is 0 Å². The molecule has 0 aromatic heterocycles. The fourth-order valence-electron chi connectivity index (χ4n) is 1.65. The van der Waals surface area contributed by atoms with Crippen molar-refractivity contribution in [2.75, 3.05) is 19.9 Å². The maximum atomic E-state index is 11.5. The third-order valence-electron chi connectivity index (χ3n) is 2.73. The van der Waals surface area contributed by atoms with Crippen molar-refractivity contribution in [2.45, 2.75) is 6.10 Å². The lowest BCUT2D eigenvalue weighted by Gasteiger charge is -1.99. The quantitative estimate of drug-likeness (QED) is 0.635. The second kappa shape index (κ2) is 4.70. The Bertz CT molecular complexity index is 494. The molecule has 1 fully saturated rings. The molecule has 0 aliphatic carbocycles. The average molecular weight is 247 g/mol. The minimum Gasteiger partial charge on any atom is -0.454 e. The van der Waals surface area contributed by atoms with E-state index in [-0.39, 0.29) is 18.8 Å². The van der Waals surface area contributed by atoms with Gasteiger partial charge in [-0.2, -0.15) is 0 Å². The van der Waals surface area contributed by atoms with Gasteiger partial charge in [0.15, 0.2) is 11.5 Å². The number of benzene rings is 1. The topological polar surface area (TPSA) is 60.1 Å².